The minimum atomic E-state index is -0.698. The van der Waals surface area contributed by atoms with Crippen LogP contribution in [0.1, 0.15) is 46.5 Å². The van der Waals surface area contributed by atoms with Crippen LogP contribution in [0.4, 0.5) is 0 Å². The molecule has 0 unspecified atom stereocenters. The van der Waals surface area contributed by atoms with Crippen LogP contribution in [0.15, 0.2) is 0 Å². The van der Waals surface area contributed by atoms with E-state index in [0.29, 0.717) is 17.8 Å². The molecule has 0 radical (unpaired) electrons. The molecule has 21 heavy (non-hydrogen) atoms. The lowest BCUT2D eigenvalue weighted by Gasteiger charge is -2.60. The van der Waals surface area contributed by atoms with Gasteiger partial charge in [0.1, 0.15) is 0 Å². The quantitative estimate of drug-likeness (QED) is 0.697. The van der Waals surface area contributed by atoms with Crippen molar-refractivity contribution >= 4 is 0 Å². The fourth-order valence-electron chi connectivity index (χ4n) is 5.14. The van der Waals surface area contributed by atoms with Crippen molar-refractivity contribution in [2.75, 3.05) is 7.11 Å². The Labute approximate surface area is 126 Å². The van der Waals surface area contributed by atoms with Crippen LogP contribution in [0, 0.1) is 23.7 Å². The summed E-state index contributed by atoms with van der Waals surface area (Å²) in [5.41, 5.74) is -0.470. The molecule has 0 N–H and O–H groups in total. The van der Waals surface area contributed by atoms with Gasteiger partial charge in [-0.25, -0.2) is 9.78 Å². The van der Waals surface area contributed by atoms with Crippen LogP contribution in [0.5, 0.6) is 0 Å². The van der Waals surface area contributed by atoms with Gasteiger partial charge in [0.2, 0.25) is 5.79 Å². The lowest BCUT2D eigenvalue weighted by Crippen LogP contribution is -2.70. The van der Waals surface area contributed by atoms with Crippen LogP contribution in [-0.4, -0.2) is 31.1 Å². The zero-order valence-corrected chi connectivity index (χ0v) is 13.3. The molecular weight excluding hydrogens is 272 g/mol. The minimum Gasteiger partial charge on any atom is -0.355 e. The standard InChI is InChI=1S/C16H26O5/c1-9-5-6-12-10(2)13(17-4)18-14-16(12)11(9)7-8-15(3,19-14)20-21-16/h9-14H,5-8H2,1-4H3/t9-,10+,11+,12+,13+,14-,15+,16+/m0/s1. The van der Waals surface area contributed by atoms with Gasteiger partial charge in [-0.3, -0.25) is 0 Å². The Morgan fingerprint density at radius 1 is 1.05 bits per heavy atom. The molecule has 5 aliphatic rings. The molecule has 5 fully saturated rings. The van der Waals surface area contributed by atoms with Crippen molar-refractivity contribution in [2.45, 2.75) is 70.4 Å². The van der Waals surface area contributed by atoms with Crippen molar-refractivity contribution in [1.29, 1.82) is 0 Å². The number of hydrogen-bond donors (Lipinski definition) is 0. The van der Waals surface area contributed by atoms with E-state index in [1.807, 2.05) is 6.92 Å². The topological polar surface area (TPSA) is 46.2 Å². The van der Waals surface area contributed by atoms with E-state index in [2.05, 4.69) is 13.8 Å². The maximum atomic E-state index is 6.21. The lowest BCUT2D eigenvalue weighted by atomic mass is 9.58. The molecule has 5 rings (SSSR count). The summed E-state index contributed by atoms with van der Waals surface area (Å²) in [6.07, 6.45) is 3.64. The number of methoxy groups -OCH3 is 1. The Kier molecular flexibility index (Phi) is 3.19. The van der Waals surface area contributed by atoms with E-state index in [0.717, 1.165) is 19.3 Å². The van der Waals surface area contributed by atoms with E-state index in [9.17, 15) is 0 Å². The van der Waals surface area contributed by atoms with Gasteiger partial charge in [0, 0.05) is 25.4 Å². The van der Waals surface area contributed by atoms with Crippen molar-refractivity contribution in [3.63, 3.8) is 0 Å². The maximum absolute atomic E-state index is 6.21. The maximum Gasteiger partial charge on any atom is 0.201 e. The third-order valence-corrected chi connectivity index (χ3v) is 6.33. The summed E-state index contributed by atoms with van der Waals surface area (Å²) in [6.45, 7) is 6.46. The largest absolute Gasteiger partial charge is 0.355 e. The fourth-order valence-corrected chi connectivity index (χ4v) is 5.14. The second-order valence-corrected chi connectivity index (χ2v) is 7.51. The van der Waals surface area contributed by atoms with E-state index >= 15 is 0 Å². The smallest absolute Gasteiger partial charge is 0.201 e. The molecule has 0 aromatic heterocycles. The number of ether oxygens (including phenoxy) is 3. The summed E-state index contributed by atoms with van der Waals surface area (Å²) >= 11 is 0. The Hall–Kier alpha value is -0.200. The third-order valence-electron chi connectivity index (χ3n) is 6.33. The Morgan fingerprint density at radius 3 is 2.62 bits per heavy atom. The predicted molar refractivity (Wildman–Crippen MR) is 73.8 cm³/mol. The zero-order chi connectivity index (χ0) is 14.8. The zero-order valence-electron chi connectivity index (χ0n) is 13.3. The van der Waals surface area contributed by atoms with Crippen molar-refractivity contribution in [1.82, 2.24) is 0 Å². The van der Waals surface area contributed by atoms with E-state index in [1.165, 1.54) is 6.42 Å². The average Bonchev–Trinajstić information content (AvgIpc) is 2.69. The predicted octanol–water partition coefficient (Wildman–Crippen LogP) is 2.84. The molecule has 5 heteroatoms. The Bertz CT molecular complexity index is 429. The highest BCUT2D eigenvalue weighted by molar-refractivity contribution is 5.08. The molecule has 4 aliphatic heterocycles. The second-order valence-electron chi connectivity index (χ2n) is 7.51. The molecule has 2 bridgehead atoms. The van der Waals surface area contributed by atoms with E-state index in [-0.39, 0.29) is 12.2 Å². The van der Waals surface area contributed by atoms with Crippen molar-refractivity contribution in [3.05, 3.63) is 0 Å². The molecule has 8 atom stereocenters. The normalized spacial score (nSPS) is 59.4. The molecule has 0 amide bonds. The van der Waals surface area contributed by atoms with Gasteiger partial charge >= 0.3 is 0 Å². The van der Waals surface area contributed by atoms with Crippen LogP contribution >= 0.6 is 0 Å². The third kappa shape index (κ3) is 1.81. The van der Waals surface area contributed by atoms with Gasteiger partial charge in [-0.15, -0.1) is 0 Å². The van der Waals surface area contributed by atoms with Crippen LogP contribution in [0.3, 0.4) is 0 Å². The van der Waals surface area contributed by atoms with Gasteiger partial charge in [-0.2, -0.15) is 0 Å². The summed E-state index contributed by atoms with van der Waals surface area (Å²) in [4.78, 5) is 11.8. The molecule has 0 aromatic carbocycles. The molecule has 4 saturated heterocycles. The monoisotopic (exact) mass is 298 g/mol. The minimum absolute atomic E-state index is 0.230. The van der Waals surface area contributed by atoms with Gasteiger partial charge in [0.15, 0.2) is 18.2 Å². The van der Waals surface area contributed by atoms with Crippen LogP contribution in [0.2, 0.25) is 0 Å². The highest BCUT2D eigenvalue weighted by Crippen LogP contribution is 2.60. The van der Waals surface area contributed by atoms with Crippen molar-refractivity contribution in [2.24, 2.45) is 23.7 Å². The van der Waals surface area contributed by atoms with Gasteiger partial charge in [-0.1, -0.05) is 13.8 Å². The van der Waals surface area contributed by atoms with Crippen LogP contribution < -0.4 is 0 Å². The second kappa shape index (κ2) is 4.65. The molecule has 120 valence electrons. The summed E-state index contributed by atoms with van der Waals surface area (Å²) in [7, 11) is 1.70. The lowest BCUT2D eigenvalue weighted by molar-refractivity contribution is -0.577. The van der Waals surface area contributed by atoms with Crippen LogP contribution in [-0.2, 0) is 24.0 Å². The van der Waals surface area contributed by atoms with E-state index in [4.69, 9.17) is 24.0 Å². The molecule has 5 nitrogen and oxygen atoms in total. The molecule has 0 aromatic rings. The summed E-state index contributed by atoms with van der Waals surface area (Å²) in [5, 5.41) is 0. The first-order valence-corrected chi connectivity index (χ1v) is 8.23. The van der Waals surface area contributed by atoms with Gasteiger partial charge in [-0.05, 0) is 38.0 Å². The first kappa shape index (κ1) is 14.4. The molecule has 4 heterocycles. The Balaban J connectivity index is 1.79. The SMILES string of the molecule is CO[C@@H]1O[C@H]2O[C@@]3(C)CC[C@@H]4[C@@H](C)CC[C@H]([C@H]1C)[C@@]24OO3. The Morgan fingerprint density at radius 2 is 1.86 bits per heavy atom. The molecule has 1 saturated carbocycles. The number of hydrogen-bond acceptors (Lipinski definition) is 5. The van der Waals surface area contributed by atoms with Gasteiger partial charge in [0.05, 0.1) is 0 Å². The number of fused-ring (bicyclic) bond motifs is 2. The average molecular weight is 298 g/mol. The first-order chi connectivity index (χ1) is 10.00. The molecule has 1 spiro atoms. The summed E-state index contributed by atoms with van der Waals surface area (Å²) < 4.78 is 17.9. The number of rotatable bonds is 1. The van der Waals surface area contributed by atoms with Gasteiger partial charge < -0.3 is 14.2 Å². The van der Waals surface area contributed by atoms with Crippen LogP contribution in [0.25, 0.3) is 0 Å². The highest BCUT2D eigenvalue weighted by atomic mass is 17.3. The molecular formula is C16H26O5. The van der Waals surface area contributed by atoms with E-state index < -0.39 is 17.7 Å². The highest BCUT2D eigenvalue weighted by Gasteiger charge is 2.69. The van der Waals surface area contributed by atoms with E-state index in [1.54, 1.807) is 7.11 Å². The van der Waals surface area contributed by atoms with Crippen molar-refractivity contribution < 1.29 is 24.0 Å². The van der Waals surface area contributed by atoms with Gasteiger partial charge in [0.25, 0.3) is 0 Å². The first-order valence-electron chi connectivity index (χ1n) is 8.23. The van der Waals surface area contributed by atoms with Crippen molar-refractivity contribution in [3.8, 4) is 0 Å². The summed E-state index contributed by atoms with van der Waals surface area (Å²) in [5.74, 6) is 0.953. The molecule has 1 aliphatic carbocycles. The summed E-state index contributed by atoms with van der Waals surface area (Å²) in [6, 6.07) is 0. The fraction of sp³-hybridized carbons (Fsp3) is 1.00.